The lowest BCUT2D eigenvalue weighted by molar-refractivity contribution is -0.921. The Bertz CT molecular complexity index is 578. The van der Waals surface area contributed by atoms with E-state index in [4.69, 9.17) is 4.18 Å². The van der Waals surface area contributed by atoms with Crippen molar-refractivity contribution in [2.75, 3.05) is 32.8 Å². The topological polar surface area (TPSA) is 43.4 Å². The summed E-state index contributed by atoms with van der Waals surface area (Å²) in [5.74, 6) is 0. The first-order chi connectivity index (χ1) is 19.3. The molecule has 1 unspecified atom stereocenters. The van der Waals surface area contributed by atoms with Crippen LogP contribution in [0.5, 0.6) is 0 Å². The van der Waals surface area contributed by atoms with Gasteiger partial charge in [-0.2, -0.15) is 8.42 Å². The van der Waals surface area contributed by atoms with Gasteiger partial charge in [-0.1, -0.05) is 136 Å². The van der Waals surface area contributed by atoms with E-state index in [1.54, 1.807) is 0 Å². The third kappa shape index (κ3) is 25.5. The maximum Gasteiger partial charge on any atom is 0.299 e. The molecule has 0 aromatic heterocycles. The second kappa shape index (κ2) is 30.3. The molecule has 0 saturated heterocycles. The van der Waals surface area contributed by atoms with Gasteiger partial charge in [0.15, 0.2) is 0 Å². The number of hydrogen-bond acceptors (Lipinski definition) is 3. The average Bonchev–Trinajstić information content (AvgIpc) is 2.96. The standard InChI is InChI=1S/C26H53FO3S.C8H20N/c1-3-5-7-9-11-12-13-14-15-16-17-19-21-23-25-30-31(28,29)26(27)24-22-20-18-10-8-6-4-2;1-5-9(6-2,7-3)8-4/h26H,3-25H2,1-2H3;5-8H2,1-4H3/q;+1. The molecule has 0 bridgehead atoms. The number of halogens is 1. The summed E-state index contributed by atoms with van der Waals surface area (Å²) in [6, 6.07) is 0. The summed E-state index contributed by atoms with van der Waals surface area (Å²) in [4.78, 5) is 0. The molecule has 0 aliphatic rings. The van der Waals surface area contributed by atoms with Crippen LogP contribution in [0.15, 0.2) is 0 Å². The van der Waals surface area contributed by atoms with Gasteiger partial charge in [0.1, 0.15) is 0 Å². The van der Waals surface area contributed by atoms with Gasteiger partial charge in [0, 0.05) is 0 Å². The van der Waals surface area contributed by atoms with Crippen LogP contribution in [-0.2, 0) is 14.3 Å². The minimum Gasteiger partial charge on any atom is -0.325 e. The van der Waals surface area contributed by atoms with Gasteiger partial charge in [-0.25, -0.2) is 4.39 Å². The van der Waals surface area contributed by atoms with E-state index in [1.807, 2.05) is 0 Å². The molecule has 0 N–H and O–H groups in total. The predicted octanol–water partition coefficient (Wildman–Crippen LogP) is 11.1. The highest BCUT2D eigenvalue weighted by Crippen LogP contribution is 2.17. The van der Waals surface area contributed by atoms with Crippen molar-refractivity contribution < 1.29 is 21.5 Å². The molecular formula is C34H73FNO3S+. The minimum absolute atomic E-state index is 0.0643. The van der Waals surface area contributed by atoms with Crippen molar-refractivity contribution in [2.45, 2.75) is 188 Å². The van der Waals surface area contributed by atoms with E-state index < -0.39 is 15.6 Å². The Morgan fingerprint density at radius 2 is 0.800 bits per heavy atom. The van der Waals surface area contributed by atoms with Crippen molar-refractivity contribution in [1.29, 1.82) is 0 Å². The van der Waals surface area contributed by atoms with Crippen molar-refractivity contribution in [3.63, 3.8) is 0 Å². The summed E-state index contributed by atoms with van der Waals surface area (Å²) in [6.07, 6.45) is 25.0. The van der Waals surface area contributed by atoms with E-state index in [1.165, 1.54) is 121 Å². The highest BCUT2D eigenvalue weighted by atomic mass is 32.2. The van der Waals surface area contributed by atoms with Crippen LogP contribution >= 0.6 is 0 Å². The van der Waals surface area contributed by atoms with Gasteiger partial charge in [-0.05, 0) is 47.0 Å². The lowest BCUT2D eigenvalue weighted by atomic mass is 10.0. The molecule has 0 radical (unpaired) electrons. The number of unbranched alkanes of at least 4 members (excludes halogenated alkanes) is 19. The highest BCUT2D eigenvalue weighted by molar-refractivity contribution is 7.87. The van der Waals surface area contributed by atoms with E-state index in [-0.39, 0.29) is 13.0 Å². The number of alkyl halides is 1. The maximum atomic E-state index is 14.0. The van der Waals surface area contributed by atoms with Crippen molar-refractivity contribution >= 4 is 10.1 Å². The SMILES string of the molecule is CCCCCCCCCCCCCCCCOS(=O)(=O)C(F)CCCCCCCCC.CC[N+](CC)(CC)CC. The second-order valence-corrected chi connectivity index (χ2v) is 13.6. The fraction of sp³-hybridized carbons (Fsp3) is 1.00. The van der Waals surface area contributed by atoms with Gasteiger partial charge < -0.3 is 4.48 Å². The molecular weight excluding hydrogens is 521 g/mol. The molecule has 40 heavy (non-hydrogen) atoms. The minimum atomic E-state index is -4.05. The van der Waals surface area contributed by atoms with E-state index >= 15 is 0 Å². The molecule has 0 aromatic rings. The van der Waals surface area contributed by atoms with Crippen LogP contribution in [0.2, 0.25) is 0 Å². The Hall–Kier alpha value is -0.200. The molecule has 0 rings (SSSR count). The third-order valence-electron chi connectivity index (χ3n) is 8.78. The van der Waals surface area contributed by atoms with Crippen LogP contribution in [0.1, 0.15) is 183 Å². The Morgan fingerprint density at radius 3 is 1.10 bits per heavy atom. The molecule has 0 saturated carbocycles. The summed E-state index contributed by atoms with van der Waals surface area (Å²) in [5, 5.41) is 0. The van der Waals surface area contributed by atoms with E-state index in [9.17, 15) is 12.8 Å². The molecule has 0 heterocycles. The van der Waals surface area contributed by atoms with E-state index in [0.717, 1.165) is 32.1 Å². The second-order valence-electron chi connectivity index (χ2n) is 11.8. The average molecular weight is 595 g/mol. The van der Waals surface area contributed by atoms with Crippen LogP contribution in [-0.4, -0.2) is 51.2 Å². The van der Waals surface area contributed by atoms with E-state index in [2.05, 4.69) is 41.5 Å². The monoisotopic (exact) mass is 595 g/mol. The first kappa shape index (κ1) is 41.9. The van der Waals surface area contributed by atoms with E-state index in [0.29, 0.717) is 12.8 Å². The van der Waals surface area contributed by atoms with Gasteiger partial charge in [-0.3, -0.25) is 4.18 Å². The number of rotatable bonds is 29. The predicted molar refractivity (Wildman–Crippen MR) is 175 cm³/mol. The summed E-state index contributed by atoms with van der Waals surface area (Å²) < 4.78 is 43.9. The Morgan fingerprint density at radius 1 is 0.500 bits per heavy atom. The summed E-state index contributed by atoms with van der Waals surface area (Å²) in [5.41, 5.74) is -1.87. The normalized spacial score (nSPS) is 12.8. The smallest absolute Gasteiger partial charge is 0.299 e. The van der Waals surface area contributed by atoms with Crippen LogP contribution < -0.4 is 0 Å². The molecule has 0 spiro atoms. The molecule has 6 heteroatoms. The summed E-state index contributed by atoms with van der Waals surface area (Å²) >= 11 is 0. The lowest BCUT2D eigenvalue weighted by Gasteiger charge is -2.34. The van der Waals surface area contributed by atoms with Crippen LogP contribution in [0.3, 0.4) is 0 Å². The van der Waals surface area contributed by atoms with Crippen molar-refractivity contribution in [3.05, 3.63) is 0 Å². The highest BCUT2D eigenvalue weighted by Gasteiger charge is 2.25. The van der Waals surface area contributed by atoms with Gasteiger partial charge in [0.2, 0.25) is 5.50 Å². The Labute approximate surface area is 252 Å². The maximum absolute atomic E-state index is 14.0. The molecule has 0 aliphatic carbocycles. The molecule has 4 nitrogen and oxygen atoms in total. The molecule has 244 valence electrons. The molecule has 0 amide bonds. The summed E-state index contributed by atoms with van der Waals surface area (Å²) in [6.45, 7) is 18.8. The molecule has 1 atom stereocenters. The fourth-order valence-corrected chi connectivity index (χ4v) is 6.25. The Balaban J connectivity index is 0. The first-order valence-electron chi connectivity index (χ1n) is 17.7. The number of nitrogens with zero attached hydrogens (tertiary/aromatic N) is 1. The van der Waals surface area contributed by atoms with Crippen LogP contribution in [0, 0.1) is 0 Å². The van der Waals surface area contributed by atoms with Crippen molar-refractivity contribution in [2.24, 2.45) is 0 Å². The quantitative estimate of drug-likeness (QED) is 0.0491. The number of hydrogen-bond donors (Lipinski definition) is 0. The third-order valence-corrected chi connectivity index (χ3v) is 10.1. The lowest BCUT2D eigenvalue weighted by Crippen LogP contribution is -2.47. The first-order valence-corrected chi connectivity index (χ1v) is 19.1. The fourth-order valence-electron chi connectivity index (χ4n) is 5.29. The number of quaternary nitrogens is 1. The zero-order valence-corrected chi connectivity index (χ0v) is 28.9. The van der Waals surface area contributed by atoms with Gasteiger partial charge >= 0.3 is 0 Å². The summed E-state index contributed by atoms with van der Waals surface area (Å²) in [7, 11) is -4.05. The molecule has 0 aliphatic heterocycles. The Kier molecular flexibility index (Phi) is 31.7. The molecule has 0 aromatic carbocycles. The largest absolute Gasteiger partial charge is 0.325 e. The zero-order valence-electron chi connectivity index (χ0n) is 28.1. The van der Waals surface area contributed by atoms with Crippen molar-refractivity contribution in [3.8, 4) is 0 Å². The van der Waals surface area contributed by atoms with Gasteiger partial charge in [0.05, 0.1) is 32.8 Å². The zero-order chi connectivity index (χ0) is 30.4. The van der Waals surface area contributed by atoms with Gasteiger partial charge in [-0.15, -0.1) is 0 Å². The van der Waals surface area contributed by atoms with Crippen LogP contribution in [0.25, 0.3) is 0 Å². The van der Waals surface area contributed by atoms with Crippen LogP contribution in [0.4, 0.5) is 4.39 Å². The molecule has 0 fully saturated rings. The van der Waals surface area contributed by atoms with Gasteiger partial charge in [0.25, 0.3) is 10.1 Å². The van der Waals surface area contributed by atoms with Crippen molar-refractivity contribution in [1.82, 2.24) is 0 Å².